The lowest BCUT2D eigenvalue weighted by molar-refractivity contribution is -0.749. The highest BCUT2D eigenvalue weighted by Gasteiger charge is 2.57. The zero-order valence-corrected chi connectivity index (χ0v) is 22.7. The molecule has 1 fully saturated rings. The molecule has 3 aliphatic rings. The summed E-state index contributed by atoms with van der Waals surface area (Å²) in [4.78, 5) is 35.1. The molecular formula is C28H31F3N7O2+. The molecule has 3 aromatic rings. The number of carbonyl (C=O) groups is 2. The quantitative estimate of drug-likeness (QED) is 0.502. The highest BCUT2D eigenvalue weighted by molar-refractivity contribution is 5.93. The fourth-order valence-electron chi connectivity index (χ4n) is 6.18. The zero-order valence-electron chi connectivity index (χ0n) is 22.7. The molecule has 210 valence electrons. The van der Waals surface area contributed by atoms with Crippen LogP contribution in [0.2, 0.25) is 0 Å². The lowest BCUT2D eigenvalue weighted by atomic mass is 10.00. The fourth-order valence-corrected chi connectivity index (χ4v) is 6.18. The smallest absolute Gasteiger partial charge is 0.371 e. The number of rotatable bonds is 4. The molecule has 0 radical (unpaired) electrons. The number of alkyl halides is 3. The zero-order chi connectivity index (χ0) is 28.6. The van der Waals surface area contributed by atoms with Gasteiger partial charge in [0.2, 0.25) is 17.3 Å². The minimum absolute atomic E-state index is 0.0171. The van der Waals surface area contributed by atoms with Gasteiger partial charge < -0.3 is 10.2 Å². The first-order chi connectivity index (χ1) is 18.9. The highest BCUT2D eigenvalue weighted by atomic mass is 19.4. The first-order valence-corrected chi connectivity index (χ1v) is 13.5. The summed E-state index contributed by atoms with van der Waals surface area (Å²) >= 11 is 0. The van der Waals surface area contributed by atoms with Crippen LogP contribution in [0.3, 0.4) is 0 Å². The van der Waals surface area contributed by atoms with Crippen molar-refractivity contribution in [3.05, 3.63) is 53.3 Å². The van der Waals surface area contributed by atoms with Crippen molar-refractivity contribution in [2.24, 2.45) is 4.99 Å². The summed E-state index contributed by atoms with van der Waals surface area (Å²) in [5.74, 6) is -0.188. The molecular weight excluding hydrogens is 523 g/mol. The number of halogens is 3. The Hall–Kier alpha value is -3.96. The Balaban J connectivity index is 1.43. The van der Waals surface area contributed by atoms with Gasteiger partial charge in [-0.15, -0.1) is 0 Å². The van der Waals surface area contributed by atoms with Gasteiger partial charge in [0.25, 0.3) is 0 Å². The number of piperazine rings is 1. The fraction of sp³-hybridized carbons (Fsp3) is 0.464. The van der Waals surface area contributed by atoms with Gasteiger partial charge in [-0.1, -0.05) is 42.5 Å². The van der Waals surface area contributed by atoms with Crippen LogP contribution >= 0.6 is 0 Å². The van der Waals surface area contributed by atoms with Gasteiger partial charge in [-0.3, -0.25) is 19.5 Å². The third-order valence-electron chi connectivity index (χ3n) is 8.33. The molecule has 40 heavy (non-hydrogen) atoms. The average molecular weight is 555 g/mol. The van der Waals surface area contributed by atoms with Gasteiger partial charge in [0.1, 0.15) is 5.69 Å². The van der Waals surface area contributed by atoms with Gasteiger partial charge in [-0.2, -0.15) is 17.7 Å². The number of carbonyl (C=O) groups excluding carboxylic acids is 2. The van der Waals surface area contributed by atoms with E-state index in [0.717, 1.165) is 29.8 Å². The van der Waals surface area contributed by atoms with E-state index in [1.807, 2.05) is 43.2 Å². The summed E-state index contributed by atoms with van der Waals surface area (Å²) in [6.45, 7) is 9.13. The van der Waals surface area contributed by atoms with Crippen LogP contribution in [0.1, 0.15) is 61.6 Å². The molecule has 5 heterocycles. The molecule has 2 aromatic heterocycles. The van der Waals surface area contributed by atoms with Crippen LogP contribution in [0.5, 0.6) is 0 Å². The van der Waals surface area contributed by atoms with Crippen molar-refractivity contribution in [2.45, 2.75) is 64.0 Å². The topological polar surface area (TPSA) is 86.2 Å². The number of aromatic nitrogens is 3. The van der Waals surface area contributed by atoms with Crippen LogP contribution in [-0.4, -0.2) is 69.3 Å². The molecule has 2 amide bonds. The van der Waals surface area contributed by atoms with Crippen molar-refractivity contribution in [3.8, 4) is 11.3 Å². The molecule has 3 unspecified atom stereocenters. The number of amides is 2. The van der Waals surface area contributed by atoms with Gasteiger partial charge in [-0.05, 0) is 30.5 Å². The van der Waals surface area contributed by atoms with Crippen molar-refractivity contribution in [1.82, 2.24) is 24.7 Å². The van der Waals surface area contributed by atoms with Crippen molar-refractivity contribution in [3.63, 3.8) is 0 Å². The third-order valence-corrected chi connectivity index (χ3v) is 8.33. The van der Waals surface area contributed by atoms with Crippen LogP contribution in [0, 0.1) is 0 Å². The normalized spacial score (nSPS) is 24.1. The van der Waals surface area contributed by atoms with Crippen LogP contribution < -0.4 is 9.88 Å². The number of nitrogens with one attached hydrogen (secondary N) is 1. The molecule has 9 nitrogen and oxygen atoms in total. The second-order valence-corrected chi connectivity index (χ2v) is 11.2. The van der Waals surface area contributed by atoms with Crippen LogP contribution in [0.4, 0.5) is 13.2 Å². The van der Waals surface area contributed by atoms with Crippen molar-refractivity contribution >= 4 is 23.8 Å². The van der Waals surface area contributed by atoms with Crippen LogP contribution in [0.25, 0.3) is 16.9 Å². The Morgan fingerprint density at radius 2 is 1.95 bits per heavy atom. The Morgan fingerprint density at radius 3 is 2.60 bits per heavy atom. The van der Waals surface area contributed by atoms with Crippen molar-refractivity contribution < 1.29 is 27.3 Å². The number of aliphatic imine (C=N–C) groups is 1. The first-order valence-electron chi connectivity index (χ1n) is 13.5. The van der Waals surface area contributed by atoms with E-state index in [2.05, 4.69) is 10.3 Å². The van der Waals surface area contributed by atoms with Gasteiger partial charge >= 0.3 is 17.7 Å². The maximum absolute atomic E-state index is 13.6. The lowest BCUT2D eigenvalue weighted by Crippen LogP contribution is -2.70. The molecule has 3 atom stereocenters. The summed E-state index contributed by atoms with van der Waals surface area (Å²) in [5, 5.41) is 7.87. The Kier molecular flexibility index (Phi) is 5.93. The van der Waals surface area contributed by atoms with E-state index in [9.17, 15) is 22.8 Å². The summed E-state index contributed by atoms with van der Waals surface area (Å²) in [7, 11) is 0. The van der Waals surface area contributed by atoms with E-state index < -0.39 is 23.4 Å². The first kappa shape index (κ1) is 26.3. The summed E-state index contributed by atoms with van der Waals surface area (Å²) in [6, 6.07) is 6.24. The van der Waals surface area contributed by atoms with E-state index in [0.29, 0.717) is 36.6 Å². The van der Waals surface area contributed by atoms with E-state index in [-0.39, 0.29) is 23.8 Å². The monoisotopic (exact) mass is 554 g/mol. The predicted octanol–water partition coefficient (Wildman–Crippen LogP) is 3.18. The average Bonchev–Trinajstić information content (AvgIpc) is 3.60. The number of imidazole rings is 1. The second kappa shape index (κ2) is 9.03. The maximum atomic E-state index is 13.6. The summed E-state index contributed by atoms with van der Waals surface area (Å²) in [5.41, 5.74) is 1.56. The van der Waals surface area contributed by atoms with Gasteiger partial charge in [0.15, 0.2) is 12.2 Å². The van der Waals surface area contributed by atoms with E-state index in [1.54, 1.807) is 22.0 Å². The minimum Gasteiger partial charge on any atom is -0.371 e. The largest absolute Gasteiger partial charge is 0.416 e. The van der Waals surface area contributed by atoms with Gasteiger partial charge in [0.05, 0.1) is 24.5 Å². The summed E-state index contributed by atoms with van der Waals surface area (Å²) < 4.78 is 43.0. The SMILES string of the molecule is CCC1NC=NC1C(=O)N1CCN2C(=O)c3cn4nc(-c5ccc(C(F)(F)F)cc5)cc(C(C)C)c4[n+]3C2(C)C1. The number of nitrogens with zero attached hydrogens (tertiary/aromatic N) is 6. The Labute approximate surface area is 229 Å². The van der Waals surface area contributed by atoms with E-state index >= 15 is 0 Å². The third kappa shape index (κ3) is 3.87. The Morgan fingerprint density at radius 1 is 1.23 bits per heavy atom. The molecule has 1 saturated heterocycles. The van der Waals surface area contributed by atoms with Gasteiger partial charge in [0, 0.05) is 31.1 Å². The standard InChI is InChI=1S/C28H31F3N7O2/c1-5-20-23(33-15-32-20)26(40)35-10-11-36-25(39)22-13-37-24(38(22)27(36,4)14-35)19(16(2)3)12-21(34-37)17-6-8-18(9-7-17)28(29,30)31/h6-9,12-13,15-16,20,23H,5,10-11,14H2,1-4H3,(H,32,33)/q+1. The predicted molar refractivity (Wildman–Crippen MR) is 141 cm³/mol. The molecule has 0 saturated carbocycles. The second-order valence-electron chi connectivity index (χ2n) is 11.2. The van der Waals surface area contributed by atoms with Crippen molar-refractivity contribution in [1.29, 1.82) is 0 Å². The highest BCUT2D eigenvalue weighted by Crippen LogP contribution is 2.35. The molecule has 0 bridgehead atoms. The maximum Gasteiger partial charge on any atom is 0.416 e. The number of fused-ring (bicyclic) bond motifs is 5. The molecule has 1 aromatic carbocycles. The van der Waals surface area contributed by atoms with E-state index in [4.69, 9.17) is 5.10 Å². The molecule has 6 rings (SSSR count). The molecule has 12 heteroatoms. The van der Waals surface area contributed by atoms with E-state index in [1.165, 1.54) is 12.1 Å². The molecule has 3 aliphatic heterocycles. The minimum atomic E-state index is -4.42. The lowest BCUT2D eigenvalue weighted by Gasteiger charge is -2.43. The molecule has 0 aliphatic carbocycles. The number of benzene rings is 1. The number of hydrogen-bond donors (Lipinski definition) is 1. The molecule has 1 N–H and O–H groups in total. The molecule has 0 spiro atoms. The Bertz CT molecular complexity index is 1550. The number of hydrogen-bond acceptors (Lipinski definition) is 5. The van der Waals surface area contributed by atoms with Gasteiger partial charge in [-0.25, -0.2) is 0 Å². The van der Waals surface area contributed by atoms with Crippen LogP contribution in [-0.2, 0) is 16.6 Å². The van der Waals surface area contributed by atoms with Crippen LogP contribution in [0.15, 0.2) is 41.5 Å². The van der Waals surface area contributed by atoms with Crippen molar-refractivity contribution in [2.75, 3.05) is 19.6 Å². The summed E-state index contributed by atoms with van der Waals surface area (Å²) in [6.07, 6.45) is -0.381.